The van der Waals surface area contributed by atoms with Crippen LogP contribution in [0, 0.1) is 0 Å². The second-order valence-electron chi connectivity index (χ2n) is 5.03. The maximum atomic E-state index is 11.9. The summed E-state index contributed by atoms with van der Waals surface area (Å²) in [6.45, 7) is 6.43. The van der Waals surface area contributed by atoms with E-state index < -0.39 is 0 Å². The summed E-state index contributed by atoms with van der Waals surface area (Å²) >= 11 is 1.30. The van der Waals surface area contributed by atoms with E-state index >= 15 is 0 Å². The number of benzene rings is 1. The number of carbonyl (C=O) groups is 1. The Bertz CT molecular complexity index is 526. The van der Waals surface area contributed by atoms with E-state index in [1.807, 2.05) is 24.3 Å². The quantitative estimate of drug-likeness (QED) is 0.903. The third-order valence-electron chi connectivity index (χ3n) is 2.59. The first-order chi connectivity index (χ1) is 8.47. The molecule has 0 unspecified atom stereocenters. The van der Waals surface area contributed by atoms with E-state index in [0.717, 1.165) is 0 Å². The average molecular weight is 261 g/mol. The van der Waals surface area contributed by atoms with Crippen LogP contribution in [-0.4, -0.2) is 16.1 Å². The molecule has 2 aromatic rings. The lowest BCUT2D eigenvalue weighted by atomic mass is 9.87. The molecule has 0 spiro atoms. The fourth-order valence-corrected chi connectivity index (χ4v) is 1.96. The fourth-order valence-electron chi connectivity index (χ4n) is 1.52. The Balaban J connectivity index is 2.12. The van der Waals surface area contributed by atoms with Gasteiger partial charge in [0, 0.05) is 5.56 Å². The molecular weight excluding hydrogens is 246 g/mol. The number of nitrogens with zero attached hydrogens (tertiary/aromatic N) is 2. The van der Waals surface area contributed by atoms with E-state index in [2.05, 4.69) is 36.3 Å². The van der Waals surface area contributed by atoms with Crippen molar-refractivity contribution < 1.29 is 4.79 Å². The molecule has 1 amide bonds. The van der Waals surface area contributed by atoms with Crippen LogP contribution in [0.25, 0.3) is 0 Å². The van der Waals surface area contributed by atoms with Crippen molar-refractivity contribution in [2.45, 2.75) is 26.2 Å². The normalized spacial score (nSPS) is 11.3. The molecule has 1 aromatic heterocycles. The molecule has 1 heterocycles. The highest BCUT2D eigenvalue weighted by Crippen LogP contribution is 2.22. The molecule has 0 bridgehead atoms. The summed E-state index contributed by atoms with van der Waals surface area (Å²) in [5.74, 6) is -0.160. The molecular formula is C13H15N3OS. The van der Waals surface area contributed by atoms with Gasteiger partial charge < -0.3 is 0 Å². The minimum Gasteiger partial charge on any atom is -0.296 e. The Morgan fingerprint density at radius 2 is 1.89 bits per heavy atom. The van der Waals surface area contributed by atoms with Crippen LogP contribution in [0.2, 0.25) is 0 Å². The summed E-state index contributed by atoms with van der Waals surface area (Å²) in [6.07, 6.45) is 0. The van der Waals surface area contributed by atoms with E-state index in [9.17, 15) is 4.79 Å². The number of rotatable bonds is 2. The number of hydrogen-bond donors (Lipinski definition) is 1. The molecule has 18 heavy (non-hydrogen) atoms. The average Bonchev–Trinajstić information content (AvgIpc) is 2.81. The second kappa shape index (κ2) is 4.86. The van der Waals surface area contributed by atoms with Crippen molar-refractivity contribution in [2.75, 3.05) is 5.32 Å². The van der Waals surface area contributed by atoms with E-state index in [4.69, 9.17) is 0 Å². The number of nitrogens with one attached hydrogen (secondary N) is 1. The lowest BCUT2D eigenvalue weighted by molar-refractivity contribution is 0.102. The highest BCUT2D eigenvalue weighted by molar-refractivity contribution is 7.13. The number of hydrogen-bond acceptors (Lipinski definition) is 4. The standard InChI is InChI=1S/C13H15N3OS/c1-13(2,3)10-6-4-9(5-7-10)11(17)15-12-16-14-8-18-12/h4-8H,1-3H3,(H,15,16,17). The van der Waals surface area contributed by atoms with Crippen LogP contribution < -0.4 is 5.32 Å². The van der Waals surface area contributed by atoms with Crippen molar-refractivity contribution >= 4 is 22.4 Å². The first kappa shape index (κ1) is 12.7. The highest BCUT2D eigenvalue weighted by Gasteiger charge is 2.14. The molecule has 0 fully saturated rings. The summed E-state index contributed by atoms with van der Waals surface area (Å²) in [4.78, 5) is 11.9. The van der Waals surface area contributed by atoms with Crippen LogP contribution in [0.1, 0.15) is 36.7 Å². The van der Waals surface area contributed by atoms with Crippen molar-refractivity contribution in [3.63, 3.8) is 0 Å². The van der Waals surface area contributed by atoms with Gasteiger partial charge in [0.25, 0.3) is 5.91 Å². The van der Waals surface area contributed by atoms with E-state index in [-0.39, 0.29) is 11.3 Å². The number of anilines is 1. The van der Waals surface area contributed by atoms with Gasteiger partial charge in [-0.2, -0.15) is 0 Å². The molecule has 94 valence electrons. The largest absolute Gasteiger partial charge is 0.296 e. The lowest BCUT2D eigenvalue weighted by Gasteiger charge is -2.18. The molecule has 0 atom stereocenters. The zero-order valence-electron chi connectivity index (χ0n) is 10.6. The number of aromatic nitrogens is 2. The van der Waals surface area contributed by atoms with Gasteiger partial charge in [-0.3, -0.25) is 10.1 Å². The maximum Gasteiger partial charge on any atom is 0.257 e. The molecule has 2 rings (SSSR count). The van der Waals surface area contributed by atoms with Gasteiger partial charge in [0.1, 0.15) is 5.51 Å². The topological polar surface area (TPSA) is 54.9 Å². The Morgan fingerprint density at radius 1 is 1.22 bits per heavy atom. The molecule has 0 aliphatic carbocycles. The number of amides is 1. The summed E-state index contributed by atoms with van der Waals surface area (Å²) in [5, 5.41) is 10.7. The Morgan fingerprint density at radius 3 is 2.39 bits per heavy atom. The molecule has 5 heteroatoms. The van der Waals surface area contributed by atoms with Crippen LogP contribution >= 0.6 is 11.3 Å². The van der Waals surface area contributed by atoms with Crippen molar-refractivity contribution in [1.29, 1.82) is 0 Å². The van der Waals surface area contributed by atoms with Gasteiger partial charge in [0.15, 0.2) is 0 Å². The molecule has 0 saturated carbocycles. The van der Waals surface area contributed by atoms with Gasteiger partial charge >= 0.3 is 0 Å². The minimum atomic E-state index is -0.160. The first-order valence-electron chi connectivity index (χ1n) is 5.65. The van der Waals surface area contributed by atoms with Gasteiger partial charge in [-0.15, -0.1) is 10.2 Å². The van der Waals surface area contributed by atoms with Gasteiger partial charge in [-0.25, -0.2) is 0 Å². The fraction of sp³-hybridized carbons (Fsp3) is 0.308. The molecule has 0 radical (unpaired) electrons. The Labute approximate surface area is 110 Å². The summed E-state index contributed by atoms with van der Waals surface area (Å²) in [7, 11) is 0. The molecule has 1 N–H and O–H groups in total. The lowest BCUT2D eigenvalue weighted by Crippen LogP contribution is -2.14. The third-order valence-corrected chi connectivity index (χ3v) is 3.20. The molecule has 4 nitrogen and oxygen atoms in total. The van der Waals surface area contributed by atoms with Crippen molar-refractivity contribution in [1.82, 2.24) is 10.2 Å². The summed E-state index contributed by atoms with van der Waals surface area (Å²) in [5.41, 5.74) is 3.50. The number of carbonyl (C=O) groups excluding carboxylic acids is 1. The van der Waals surface area contributed by atoms with Crippen molar-refractivity contribution in [2.24, 2.45) is 0 Å². The van der Waals surface area contributed by atoms with E-state index in [1.54, 1.807) is 5.51 Å². The predicted molar refractivity (Wildman–Crippen MR) is 73.0 cm³/mol. The zero-order chi connectivity index (χ0) is 13.2. The van der Waals surface area contributed by atoms with Crippen molar-refractivity contribution in [3.05, 3.63) is 40.9 Å². The first-order valence-corrected chi connectivity index (χ1v) is 6.53. The van der Waals surface area contributed by atoms with E-state index in [0.29, 0.717) is 10.7 Å². The van der Waals surface area contributed by atoms with Crippen LogP contribution in [0.5, 0.6) is 0 Å². The molecule has 1 aromatic carbocycles. The van der Waals surface area contributed by atoms with Gasteiger partial charge in [-0.1, -0.05) is 44.2 Å². The maximum absolute atomic E-state index is 11.9. The van der Waals surface area contributed by atoms with Crippen LogP contribution in [0.15, 0.2) is 29.8 Å². The molecule has 0 aliphatic rings. The van der Waals surface area contributed by atoms with Crippen LogP contribution in [0.4, 0.5) is 5.13 Å². The SMILES string of the molecule is CC(C)(C)c1ccc(C(=O)Nc2nncs2)cc1. The van der Waals surface area contributed by atoms with Gasteiger partial charge in [0.05, 0.1) is 0 Å². The third kappa shape index (κ3) is 2.92. The van der Waals surface area contributed by atoms with Crippen molar-refractivity contribution in [3.8, 4) is 0 Å². The second-order valence-corrected chi connectivity index (χ2v) is 5.86. The predicted octanol–water partition coefficient (Wildman–Crippen LogP) is 3.09. The molecule has 0 saturated heterocycles. The Hall–Kier alpha value is -1.75. The highest BCUT2D eigenvalue weighted by atomic mass is 32.1. The summed E-state index contributed by atoms with van der Waals surface area (Å²) < 4.78 is 0. The monoisotopic (exact) mass is 261 g/mol. The van der Waals surface area contributed by atoms with Crippen LogP contribution in [-0.2, 0) is 5.41 Å². The Kier molecular flexibility index (Phi) is 3.43. The van der Waals surface area contributed by atoms with E-state index in [1.165, 1.54) is 16.9 Å². The minimum absolute atomic E-state index is 0.0915. The summed E-state index contributed by atoms with van der Waals surface area (Å²) in [6, 6.07) is 7.62. The van der Waals surface area contributed by atoms with Gasteiger partial charge in [0.2, 0.25) is 5.13 Å². The van der Waals surface area contributed by atoms with Crippen LogP contribution in [0.3, 0.4) is 0 Å². The smallest absolute Gasteiger partial charge is 0.257 e. The zero-order valence-corrected chi connectivity index (χ0v) is 11.4. The van der Waals surface area contributed by atoms with Gasteiger partial charge in [-0.05, 0) is 23.1 Å². The molecule has 0 aliphatic heterocycles.